The molecule has 0 aliphatic heterocycles. The van der Waals surface area contributed by atoms with Crippen LogP contribution in [0.4, 0.5) is 0 Å². The van der Waals surface area contributed by atoms with E-state index >= 15 is 0 Å². The molecule has 114 valence electrons. The maximum atomic E-state index is 5.79. The van der Waals surface area contributed by atoms with E-state index in [0.29, 0.717) is 5.92 Å². The maximum Gasteiger partial charge on any atom is 0.119 e. The highest BCUT2D eigenvalue weighted by molar-refractivity contribution is 5.35. The minimum atomic E-state index is 0.263. The standard InChI is InChI=1S/C19H27NO/c1-15(2)13-21-18-9-5-16(6-10-18)19(11-3-4-12-19)14-20-17-7-8-17/h3-6,9-10,15,17,20H,7-8,11-14H2,1-2H3. The van der Waals surface area contributed by atoms with E-state index in [1.54, 1.807) is 0 Å². The summed E-state index contributed by atoms with van der Waals surface area (Å²) in [6.45, 7) is 6.24. The number of nitrogens with one attached hydrogen (secondary N) is 1. The summed E-state index contributed by atoms with van der Waals surface area (Å²) in [6.07, 6.45) is 9.67. The third-order valence-corrected chi connectivity index (χ3v) is 4.54. The van der Waals surface area contributed by atoms with Crippen LogP contribution in [0.15, 0.2) is 36.4 Å². The molecule has 0 atom stereocenters. The summed E-state index contributed by atoms with van der Waals surface area (Å²) in [5.41, 5.74) is 1.71. The average Bonchev–Trinajstić information content (AvgIpc) is 3.20. The van der Waals surface area contributed by atoms with Gasteiger partial charge in [0.05, 0.1) is 6.61 Å². The first-order valence-electron chi connectivity index (χ1n) is 8.30. The Morgan fingerprint density at radius 2 is 1.81 bits per heavy atom. The first kappa shape index (κ1) is 14.6. The molecule has 0 radical (unpaired) electrons. The molecule has 0 amide bonds. The molecule has 0 heterocycles. The molecule has 1 aromatic carbocycles. The summed E-state index contributed by atoms with van der Waals surface area (Å²) in [5, 5.41) is 3.72. The zero-order valence-corrected chi connectivity index (χ0v) is 13.3. The molecule has 2 heteroatoms. The Kier molecular flexibility index (Phi) is 4.34. The first-order valence-corrected chi connectivity index (χ1v) is 8.30. The van der Waals surface area contributed by atoms with Gasteiger partial charge in [0.15, 0.2) is 0 Å². The molecule has 1 fully saturated rings. The van der Waals surface area contributed by atoms with E-state index in [1.165, 1.54) is 18.4 Å². The van der Waals surface area contributed by atoms with Crippen LogP contribution in [-0.2, 0) is 5.41 Å². The van der Waals surface area contributed by atoms with Crippen molar-refractivity contribution < 1.29 is 4.74 Å². The van der Waals surface area contributed by atoms with Crippen molar-refractivity contribution in [1.29, 1.82) is 0 Å². The van der Waals surface area contributed by atoms with Crippen molar-refractivity contribution in [3.05, 3.63) is 42.0 Å². The third kappa shape index (κ3) is 3.68. The average molecular weight is 285 g/mol. The molecule has 0 saturated heterocycles. The van der Waals surface area contributed by atoms with Gasteiger partial charge in [-0.3, -0.25) is 0 Å². The van der Waals surface area contributed by atoms with Crippen LogP contribution in [0, 0.1) is 5.92 Å². The maximum absolute atomic E-state index is 5.79. The summed E-state index contributed by atoms with van der Waals surface area (Å²) in [7, 11) is 0. The number of benzene rings is 1. The van der Waals surface area contributed by atoms with Gasteiger partial charge in [-0.2, -0.15) is 0 Å². The Morgan fingerprint density at radius 1 is 1.14 bits per heavy atom. The van der Waals surface area contributed by atoms with E-state index in [4.69, 9.17) is 4.74 Å². The SMILES string of the molecule is CC(C)COc1ccc(C2(CNC3CC3)CC=CC2)cc1. The van der Waals surface area contributed by atoms with Gasteiger partial charge in [-0.15, -0.1) is 0 Å². The van der Waals surface area contributed by atoms with Crippen LogP contribution in [0.25, 0.3) is 0 Å². The van der Waals surface area contributed by atoms with Crippen LogP contribution >= 0.6 is 0 Å². The summed E-state index contributed by atoms with van der Waals surface area (Å²) in [5.74, 6) is 1.56. The number of ether oxygens (including phenoxy) is 1. The normalized spacial score (nSPS) is 20.1. The van der Waals surface area contributed by atoms with Gasteiger partial charge in [-0.25, -0.2) is 0 Å². The quantitative estimate of drug-likeness (QED) is 0.763. The Hall–Kier alpha value is -1.28. The lowest BCUT2D eigenvalue weighted by molar-refractivity contribution is 0.271. The van der Waals surface area contributed by atoms with E-state index in [1.807, 2.05) is 0 Å². The molecule has 1 aromatic rings. The van der Waals surface area contributed by atoms with Gasteiger partial charge < -0.3 is 10.1 Å². The van der Waals surface area contributed by atoms with Crippen LogP contribution in [0.3, 0.4) is 0 Å². The summed E-state index contributed by atoms with van der Waals surface area (Å²) >= 11 is 0. The van der Waals surface area contributed by atoms with Gasteiger partial charge in [0.1, 0.15) is 5.75 Å². The van der Waals surface area contributed by atoms with Crippen molar-refractivity contribution in [3.63, 3.8) is 0 Å². The third-order valence-electron chi connectivity index (χ3n) is 4.54. The lowest BCUT2D eigenvalue weighted by Crippen LogP contribution is -2.37. The molecule has 0 aromatic heterocycles. The van der Waals surface area contributed by atoms with Crippen LogP contribution in [-0.4, -0.2) is 19.2 Å². The number of hydrogen-bond acceptors (Lipinski definition) is 2. The molecule has 2 aliphatic rings. The second-order valence-corrected chi connectivity index (χ2v) is 7.04. The molecule has 2 nitrogen and oxygen atoms in total. The van der Waals surface area contributed by atoms with Crippen LogP contribution < -0.4 is 10.1 Å². The van der Waals surface area contributed by atoms with Crippen molar-refractivity contribution >= 4 is 0 Å². The van der Waals surface area contributed by atoms with Gasteiger partial charge in [-0.1, -0.05) is 38.1 Å². The lowest BCUT2D eigenvalue weighted by atomic mass is 9.78. The fraction of sp³-hybridized carbons (Fsp3) is 0.579. The number of hydrogen-bond donors (Lipinski definition) is 1. The second-order valence-electron chi connectivity index (χ2n) is 7.04. The monoisotopic (exact) mass is 285 g/mol. The van der Waals surface area contributed by atoms with Crippen LogP contribution in [0.2, 0.25) is 0 Å². The first-order chi connectivity index (χ1) is 10.2. The Balaban J connectivity index is 1.67. The van der Waals surface area contributed by atoms with Crippen molar-refractivity contribution in [3.8, 4) is 5.75 Å². The molecular weight excluding hydrogens is 258 g/mol. The minimum Gasteiger partial charge on any atom is -0.493 e. The van der Waals surface area contributed by atoms with Crippen LogP contribution in [0.1, 0.15) is 45.1 Å². The molecule has 2 aliphatic carbocycles. The number of allylic oxidation sites excluding steroid dienone is 2. The van der Waals surface area contributed by atoms with Gasteiger partial charge in [0.25, 0.3) is 0 Å². The van der Waals surface area contributed by atoms with Gasteiger partial charge in [-0.05, 0) is 49.3 Å². The van der Waals surface area contributed by atoms with Crippen molar-refractivity contribution in [2.45, 2.75) is 51.0 Å². The molecule has 0 unspecified atom stereocenters. The minimum absolute atomic E-state index is 0.263. The Bertz CT molecular complexity index is 477. The van der Waals surface area contributed by atoms with Crippen molar-refractivity contribution in [1.82, 2.24) is 5.32 Å². The molecule has 0 bridgehead atoms. The topological polar surface area (TPSA) is 21.3 Å². The molecule has 0 spiro atoms. The summed E-state index contributed by atoms with van der Waals surface area (Å²) < 4.78 is 5.79. The Morgan fingerprint density at radius 3 is 2.38 bits per heavy atom. The second kappa shape index (κ2) is 6.23. The van der Waals surface area contributed by atoms with Gasteiger partial charge in [0, 0.05) is 18.0 Å². The highest BCUT2D eigenvalue weighted by Crippen LogP contribution is 2.38. The summed E-state index contributed by atoms with van der Waals surface area (Å²) in [4.78, 5) is 0. The zero-order valence-electron chi connectivity index (χ0n) is 13.3. The molecule has 1 saturated carbocycles. The van der Waals surface area contributed by atoms with Gasteiger partial charge >= 0.3 is 0 Å². The fourth-order valence-electron chi connectivity index (χ4n) is 2.98. The molecule has 1 N–H and O–H groups in total. The predicted molar refractivity (Wildman–Crippen MR) is 87.9 cm³/mol. The predicted octanol–water partition coefficient (Wildman–Crippen LogP) is 4.06. The van der Waals surface area contributed by atoms with E-state index in [2.05, 4.69) is 55.6 Å². The highest BCUT2D eigenvalue weighted by atomic mass is 16.5. The van der Waals surface area contributed by atoms with E-state index in [0.717, 1.165) is 37.8 Å². The zero-order chi connectivity index (χ0) is 14.7. The van der Waals surface area contributed by atoms with E-state index in [-0.39, 0.29) is 5.41 Å². The van der Waals surface area contributed by atoms with Crippen molar-refractivity contribution in [2.75, 3.05) is 13.2 Å². The highest BCUT2D eigenvalue weighted by Gasteiger charge is 2.34. The van der Waals surface area contributed by atoms with E-state index < -0.39 is 0 Å². The Labute approximate surface area is 128 Å². The van der Waals surface area contributed by atoms with Crippen LogP contribution in [0.5, 0.6) is 5.75 Å². The summed E-state index contributed by atoms with van der Waals surface area (Å²) in [6, 6.07) is 9.56. The van der Waals surface area contributed by atoms with Gasteiger partial charge in [0.2, 0.25) is 0 Å². The van der Waals surface area contributed by atoms with E-state index in [9.17, 15) is 0 Å². The lowest BCUT2D eigenvalue weighted by Gasteiger charge is -2.30. The smallest absolute Gasteiger partial charge is 0.119 e. The largest absolute Gasteiger partial charge is 0.493 e. The number of rotatable bonds is 7. The fourth-order valence-corrected chi connectivity index (χ4v) is 2.98. The van der Waals surface area contributed by atoms with Crippen molar-refractivity contribution in [2.24, 2.45) is 5.92 Å². The molecule has 3 rings (SSSR count). The molecule has 21 heavy (non-hydrogen) atoms. The molecular formula is C19H27NO.